The largest absolute Gasteiger partial charge is 0.376 e. The van der Waals surface area contributed by atoms with Gasteiger partial charge in [0, 0.05) is 30.0 Å². The lowest BCUT2D eigenvalue weighted by Gasteiger charge is -2.24. The van der Waals surface area contributed by atoms with Crippen molar-refractivity contribution < 1.29 is 9.47 Å². The Morgan fingerprint density at radius 2 is 2.22 bits per heavy atom. The number of nitrogens with zero attached hydrogens (tertiary/aromatic N) is 1. The van der Waals surface area contributed by atoms with E-state index < -0.39 is 0 Å². The van der Waals surface area contributed by atoms with E-state index in [-0.39, 0.29) is 11.5 Å². The quantitative estimate of drug-likeness (QED) is 0.605. The van der Waals surface area contributed by atoms with Gasteiger partial charge in [-0.05, 0) is 30.5 Å². The Morgan fingerprint density at radius 3 is 2.87 bits per heavy atom. The standard InChI is InChI=1S/C17H24BrN3O2/c1-19-16(20-10-15-11-22-7-8-23-15)21-12-17(5-6-17)13-3-2-4-14(18)9-13/h2-4,9,15H,5-8,10-12H2,1H3,(H2,19,20,21). The molecule has 1 unspecified atom stereocenters. The third kappa shape index (κ3) is 4.46. The van der Waals surface area contributed by atoms with Crippen LogP contribution in [0, 0.1) is 0 Å². The molecule has 1 aliphatic heterocycles. The monoisotopic (exact) mass is 381 g/mol. The summed E-state index contributed by atoms with van der Waals surface area (Å²) in [6.45, 7) is 3.61. The van der Waals surface area contributed by atoms with Gasteiger partial charge in [0.05, 0.1) is 25.9 Å². The van der Waals surface area contributed by atoms with Crippen LogP contribution < -0.4 is 10.6 Å². The van der Waals surface area contributed by atoms with Crippen molar-refractivity contribution in [2.24, 2.45) is 4.99 Å². The van der Waals surface area contributed by atoms with Crippen LogP contribution in [0.2, 0.25) is 0 Å². The molecule has 1 saturated heterocycles. The number of aliphatic imine (C=N–C) groups is 1. The number of benzene rings is 1. The molecule has 23 heavy (non-hydrogen) atoms. The van der Waals surface area contributed by atoms with Gasteiger partial charge in [-0.2, -0.15) is 0 Å². The Bertz CT molecular complexity index is 555. The second-order valence-electron chi connectivity index (χ2n) is 6.17. The molecule has 5 nitrogen and oxygen atoms in total. The predicted octanol–water partition coefficient (Wildman–Crippen LogP) is 2.06. The van der Waals surface area contributed by atoms with Crippen molar-refractivity contribution in [2.45, 2.75) is 24.4 Å². The lowest BCUT2D eigenvalue weighted by atomic mass is 9.96. The zero-order valence-electron chi connectivity index (χ0n) is 13.5. The fourth-order valence-electron chi connectivity index (χ4n) is 2.88. The molecule has 6 heteroatoms. The van der Waals surface area contributed by atoms with E-state index in [9.17, 15) is 0 Å². The summed E-state index contributed by atoms with van der Waals surface area (Å²) in [6, 6.07) is 8.60. The molecule has 0 radical (unpaired) electrons. The van der Waals surface area contributed by atoms with Crippen LogP contribution in [-0.2, 0) is 14.9 Å². The summed E-state index contributed by atoms with van der Waals surface area (Å²) in [5.74, 6) is 0.820. The molecule has 1 aliphatic carbocycles. The first kappa shape index (κ1) is 16.7. The van der Waals surface area contributed by atoms with Gasteiger partial charge >= 0.3 is 0 Å². The molecular formula is C17H24BrN3O2. The number of hydrogen-bond acceptors (Lipinski definition) is 3. The van der Waals surface area contributed by atoms with E-state index in [2.05, 4.69) is 55.8 Å². The molecule has 1 heterocycles. The van der Waals surface area contributed by atoms with Crippen LogP contribution in [0.3, 0.4) is 0 Å². The second kappa shape index (κ2) is 7.64. The first-order valence-corrected chi connectivity index (χ1v) is 8.91. The van der Waals surface area contributed by atoms with Gasteiger partial charge in [0.2, 0.25) is 0 Å². The number of guanidine groups is 1. The first-order chi connectivity index (χ1) is 11.2. The van der Waals surface area contributed by atoms with E-state index in [0.29, 0.717) is 26.4 Å². The molecule has 0 aromatic heterocycles. The minimum Gasteiger partial charge on any atom is -0.376 e. The predicted molar refractivity (Wildman–Crippen MR) is 95.0 cm³/mol. The number of rotatable bonds is 5. The van der Waals surface area contributed by atoms with E-state index in [0.717, 1.165) is 17.0 Å². The van der Waals surface area contributed by atoms with Crippen LogP contribution >= 0.6 is 15.9 Å². The van der Waals surface area contributed by atoms with Crippen molar-refractivity contribution in [1.82, 2.24) is 10.6 Å². The molecule has 1 atom stereocenters. The maximum absolute atomic E-state index is 5.64. The minimum atomic E-state index is 0.0993. The van der Waals surface area contributed by atoms with E-state index in [1.165, 1.54) is 18.4 Å². The molecule has 2 fully saturated rings. The average molecular weight is 382 g/mol. The average Bonchev–Trinajstić information content (AvgIpc) is 3.37. The maximum Gasteiger partial charge on any atom is 0.191 e. The summed E-state index contributed by atoms with van der Waals surface area (Å²) < 4.78 is 12.2. The van der Waals surface area contributed by atoms with Gasteiger partial charge in [0.25, 0.3) is 0 Å². The Balaban J connectivity index is 1.50. The van der Waals surface area contributed by atoms with Crippen LogP contribution in [0.15, 0.2) is 33.7 Å². The van der Waals surface area contributed by atoms with Crippen molar-refractivity contribution >= 4 is 21.9 Å². The van der Waals surface area contributed by atoms with E-state index in [1.54, 1.807) is 7.05 Å². The van der Waals surface area contributed by atoms with Crippen LogP contribution in [0.4, 0.5) is 0 Å². The van der Waals surface area contributed by atoms with Crippen LogP contribution in [0.1, 0.15) is 18.4 Å². The fraction of sp³-hybridized carbons (Fsp3) is 0.588. The van der Waals surface area contributed by atoms with E-state index >= 15 is 0 Å². The topological polar surface area (TPSA) is 54.9 Å². The van der Waals surface area contributed by atoms with Gasteiger partial charge in [0.15, 0.2) is 5.96 Å². The molecule has 126 valence electrons. The maximum atomic E-state index is 5.64. The molecule has 2 aliphatic rings. The number of ether oxygens (including phenoxy) is 2. The third-order valence-electron chi connectivity index (χ3n) is 4.49. The van der Waals surface area contributed by atoms with Crippen molar-refractivity contribution in [1.29, 1.82) is 0 Å². The highest BCUT2D eigenvalue weighted by Gasteiger charge is 2.44. The smallest absolute Gasteiger partial charge is 0.191 e. The Morgan fingerprint density at radius 1 is 1.35 bits per heavy atom. The molecule has 0 spiro atoms. The molecule has 2 N–H and O–H groups in total. The Kier molecular flexibility index (Phi) is 5.56. The summed E-state index contributed by atoms with van der Waals surface area (Å²) in [7, 11) is 1.80. The van der Waals surface area contributed by atoms with Gasteiger partial charge in [-0.15, -0.1) is 0 Å². The van der Waals surface area contributed by atoms with E-state index in [1.807, 2.05) is 0 Å². The summed E-state index contributed by atoms with van der Waals surface area (Å²) in [4.78, 5) is 4.30. The fourth-order valence-corrected chi connectivity index (χ4v) is 3.27. The van der Waals surface area contributed by atoms with Crippen LogP contribution in [0.25, 0.3) is 0 Å². The highest BCUT2D eigenvalue weighted by Crippen LogP contribution is 2.48. The molecular weight excluding hydrogens is 358 g/mol. The zero-order valence-corrected chi connectivity index (χ0v) is 15.1. The normalized spacial score (nSPS) is 23.4. The number of halogens is 1. The summed E-state index contributed by atoms with van der Waals surface area (Å²) >= 11 is 3.56. The lowest BCUT2D eigenvalue weighted by molar-refractivity contribution is -0.0850. The van der Waals surface area contributed by atoms with Crippen molar-refractivity contribution in [2.75, 3.05) is 40.0 Å². The van der Waals surface area contributed by atoms with Gasteiger partial charge in [-0.3, -0.25) is 4.99 Å². The minimum absolute atomic E-state index is 0.0993. The highest BCUT2D eigenvalue weighted by atomic mass is 79.9. The first-order valence-electron chi connectivity index (χ1n) is 8.12. The third-order valence-corrected chi connectivity index (χ3v) is 4.98. The molecule has 0 bridgehead atoms. The van der Waals surface area contributed by atoms with Crippen molar-refractivity contribution in [3.05, 3.63) is 34.3 Å². The lowest BCUT2D eigenvalue weighted by Crippen LogP contribution is -2.46. The second-order valence-corrected chi connectivity index (χ2v) is 7.08. The SMILES string of the molecule is CN=C(NCC1COCCO1)NCC1(c2cccc(Br)c2)CC1. The van der Waals surface area contributed by atoms with Crippen molar-refractivity contribution in [3.8, 4) is 0 Å². The van der Waals surface area contributed by atoms with E-state index in [4.69, 9.17) is 9.47 Å². The van der Waals surface area contributed by atoms with Gasteiger partial charge in [-0.25, -0.2) is 0 Å². The van der Waals surface area contributed by atoms with Gasteiger partial charge in [0.1, 0.15) is 0 Å². The number of nitrogens with one attached hydrogen (secondary N) is 2. The summed E-state index contributed by atoms with van der Waals surface area (Å²) in [6.07, 6.45) is 2.53. The molecule has 1 aromatic rings. The molecule has 0 amide bonds. The van der Waals surface area contributed by atoms with Gasteiger partial charge in [-0.1, -0.05) is 28.1 Å². The van der Waals surface area contributed by atoms with Crippen molar-refractivity contribution in [3.63, 3.8) is 0 Å². The summed E-state index contributed by atoms with van der Waals surface area (Å²) in [5, 5.41) is 6.78. The zero-order chi connectivity index (χ0) is 16.1. The molecule has 1 aromatic carbocycles. The van der Waals surface area contributed by atoms with Crippen LogP contribution in [-0.4, -0.2) is 52.0 Å². The Labute approximate surface area is 146 Å². The molecule has 1 saturated carbocycles. The Hall–Kier alpha value is -1.11. The van der Waals surface area contributed by atoms with Gasteiger partial charge < -0.3 is 20.1 Å². The summed E-state index contributed by atoms with van der Waals surface area (Å²) in [5.41, 5.74) is 1.63. The number of hydrogen-bond donors (Lipinski definition) is 2. The highest BCUT2D eigenvalue weighted by molar-refractivity contribution is 9.10. The molecule has 3 rings (SSSR count). The van der Waals surface area contributed by atoms with Crippen LogP contribution in [0.5, 0.6) is 0 Å².